The third-order valence-corrected chi connectivity index (χ3v) is 23.1. The highest BCUT2D eigenvalue weighted by molar-refractivity contribution is 6.32. The smallest absolute Gasteiger partial charge is 0.240 e. The molecule has 0 unspecified atom stereocenters. The molecule has 3 amide bonds. The first-order chi connectivity index (χ1) is 52.5. The maximum absolute atomic E-state index is 13.3. The molecule has 7 atom stereocenters. The van der Waals surface area contributed by atoms with Crippen LogP contribution in [0, 0.1) is 0 Å². The van der Waals surface area contributed by atoms with Crippen LogP contribution in [0.2, 0.25) is 15.1 Å². The van der Waals surface area contributed by atoms with E-state index in [1.165, 1.54) is 65.3 Å². The minimum atomic E-state index is -0.575. The number of rotatable bonds is 18. The number of hydrogen-bond acceptors (Lipinski definition) is 11. The molecule has 17 heteroatoms. The van der Waals surface area contributed by atoms with Crippen molar-refractivity contribution in [3.8, 4) is 0 Å². The number of fused-ring (bicyclic) bond motifs is 4. The average Bonchev–Trinajstić information content (AvgIpc) is 0.833. The van der Waals surface area contributed by atoms with E-state index in [2.05, 4.69) is 222 Å². The fourth-order valence-electron chi connectivity index (χ4n) is 15.4. The van der Waals surface area contributed by atoms with Gasteiger partial charge in [-0.2, -0.15) is 0 Å². The highest BCUT2D eigenvalue weighted by atomic mass is 35.5. The van der Waals surface area contributed by atoms with Gasteiger partial charge in [-0.15, -0.1) is 0 Å². The number of amides is 3. The zero-order chi connectivity index (χ0) is 75.5. The molecule has 14 nitrogen and oxygen atoms in total. The number of carbonyl (C=O) groups is 3. The first kappa shape index (κ1) is 79.0. The van der Waals surface area contributed by atoms with Crippen LogP contribution in [-0.4, -0.2) is 196 Å². The second kappa shape index (κ2) is 38.7. The Kier molecular flexibility index (Phi) is 28.3. The summed E-state index contributed by atoms with van der Waals surface area (Å²) in [5.41, 5.74) is 20.7. The number of hydrogen-bond donors (Lipinski definition) is 5. The fourth-order valence-corrected chi connectivity index (χ4v) is 16.1. The Labute approximate surface area is 653 Å². The number of benzene rings is 11. The molecule has 4 heterocycles. The Morgan fingerprint density at radius 1 is 0.389 bits per heavy atom. The molecular weight excluding hydrogens is 1400 g/mol. The molecule has 11 aromatic rings. The molecule has 108 heavy (non-hydrogen) atoms. The third-order valence-electron chi connectivity index (χ3n) is 22.0. The molecule has 0 aromatic heterocycles. The number of piperazine rings is 4. The van der Waals surface area contributed by atoms with Crippen molar-refractivity contribution in [3.63, 3.8) is 0 Å². The molecule has 0 saturated carbocycles. The summed E-state index contributed by atoms with van der Waals surface area (Å²) in [5.74, 6) is 0.153. The van der Waals surface area contributed by atoms with Crippen LogP contribution in [0.4, 0.5) is 0 Å². The van der Waals surface area contributed by atoms with Gasteiger partial charge in [0.1, 0.15) is 0 Å². The molecule has 15 rings (SSSR count). The average molecular weight is 1510 g/mol. The number of nitrogens with two attached hydrogens (primary N) is 2. The minimum absolute atomic E-state index is 0.00469. The quantitative estimate of drug-likeness (QED) is 0.0557. The lowest BCUT2D eigenvalue weighted by Gasteiger charge is -2.41. The molecule has 0 aliphatic carbocycles. The van der Waals surface area contributed by atoms with Gasteiger partial charge in [-0.25, -0.2) is 0 Å². The predicted octanol–water partition coefficient (Wildman–Crippen LogP) is 13.4. The van der Waals surface area contributed by atoms with Crippen LogP contribution < -0.4 is 27.4 Å². The van der Waals surface area contributed by atoms with Crippen LogP contribution in [0.25, 0.3) is 43.1 Å². The van der Waals surface area contributed by atoms with E-state index in [9.17, 15) is 14.4 Å². The van der Waals surface area contributed by atoms with E-state index in [0.717, 1.165) is 94.7 Å². The lowest BCUT2D eigenvalue weighted by atomic mass is 9.98. The molecular formula is C91H104Cl3N11O3. The van der Waals surface area contributed by atoms with Gasteiger partial charge in [0.15, 0.2) is 0 Å². The van der Waals surface area contributed by atoms with E-state index in [4.69, 9.17) is 46.3 Å². The monoisotopic (exact) mass is 1500 g/mol. The molecule has 11 aromatic carbocycles. The zero-order valence-corrected chi connectivity index (χ0v) is 65.0. The standard InChI is InChI=1S/C26H30ClN3O.C25H28ClN3O.C24H26ClN3O.C16H20N2/c1-28-25(17-22-9-5-6-10-24(22)27)26(31)30-14-13-29(2)23(18-30)16-19-11-12-20-7-3-4-8-21(20)15-19;1-28-12-13-29(25(30)24(27)16-21-8-4-5-9-23(21)26)17-22(28)15-18-10-11-19-6-2-3-7-20(19)14-18;25-22-8-4-3-7-20(22)15-23(26)24(29)28-12-11-27-21(16-28)14-17-9-10-18-5-1-2-6-19(18)13-17;1-18-9-8-17-12-16(18)11-13-6-7-14-4-2-3-5-15(14)10-13/h3-12,15,23,25,28H,13-14,16-18H2,1-2H3;2-11,14,22,24H,12-13,15-17,27H2,1H3;1-10,13,21,23,27H,11-12,14-16,26H2;2-7,10,16-17H,8-9,11-12H2,1H3/t23-,25-;22-,24-;21-,23-;16-/m1111/s1. The summed E-state index contributed by atoms with van der Waals surface area (Å²) in [6.45, 7) is 10.1. The van der Waals surface area contributed by atoms with Crippen molar-refractivity contribution < 1.29 is 14.4 Å². The van der Waals surface area contributed by atoms with Gasteiger partial charge in [0.2, 0.25) is 17.7 Å². The van der Waals surface area contributed by atoms with Crippen LogP contribution >= 0.6 is 34.8 Å². The minimum Gasteiger partial charge on any atom is -0.338 e. The summed E-state index contributed by atoms with van der Waals surface area (Å²) in [7, 11) is 8.37. The Bertz CT molecular complexity index is 4810. The van der Waals surface area contributed by atoms with Crippen LogP contribution in [-0.2, 0) is 59.3 Å². The summed E-state index contributed by atoms with van der Waals surface area (Å²) < 4.78 is 0. The highest BCUT2D eigenvalue weighted by Gasteiger charge is 2.34. The van der Waals surface area contributed by atoms with Crippen molar-refractivity contribution >= 4 is 95.6 Å². The molecule has 4 saturated heterocycles. The van der Waals surface area contributed by atoms with Gasteiger partial charge in [0.25, 0.3) is 0 Å². The van der Waals surface area contributed by atoms with Crippen molar-refractivity contribution in [2.24, 2.45) is 11.5 Å². The normalized spacial score (nSPS) is 18.8. The number of likely N-dealkylation sites (N-methyl/N-ethyl adjacent to an activating group) is 4. The van der Waals surface area contributed by atoms with Crippen LogP contribution in [0.1, 0.15) is 38.9 Å². The number of halogens is 3. The molecule has 562 valence electrons. The molecule has 4 aliphatic heterocycles. The Morgan fingerprint density at radius 3 is 1.13 bits per heavy atom. The van der Waals surface area contributed by atoms with E-state index in [1.807, 2.05) is 94.5 Å². The summed E-state index contributed by atoms with van der Waals surface area (Å²) in [6.07, 6.45) is 5.36. The second-order valence-electron chi connectivity index (χ2n) is 29.6. The van der Waals surface area contributed by atoms with E-state index in [0.29, 0.717) is 72.6 Å². The summed E-state index contributed by atoms with van der Waals surface area (Å²) >= 11 is 18.8. The lowest BCUT2D eigenvalue weighted by Crippen LogP contribution is -2.57. The Morgan fingerprint density at radius 2 is 0.731 bits per heavy atom. The van der Waals surface area contributed by atoms with Crippen LogP contribution in [0.15, 0.2) is 243 Å². The van der Waals surface area contributed by atoms with Crippen molar-refractivity contribution in [3.05, 3.63) is 297 Å². The van der Waals surface area contributed by atoms with Gasteiger partial charge in [-0.3, -0.25) is 24.2 Å². The van der Waals surface area contributed by atoms with Gasteiger partial charge in [-0.05, 0) is 173 Å². The topological polar surface area (TPSA) is 159 Å². The summed E-state index contributed by atoms with van der Waals surface area (Å²) in [4.78, 5) is 52.3. The van der Waals surface area contributed by atoms with Crippen LogP contribution in [0.5, 0.6) is 0 Å². The lowest BCUT2D eigenvalue weighted by molar-refractivity contribution is -0.136. The Hall–Kier alpha value is -8.58. The first-order valence-corrected chi connectivity index (χ1v) is 39.3. The largest absolute Gasteiger partial charge is 0.338 e. The zero-order valence-electron chi connectivity index (χ0n) is 62.8. The van der Waals surface area contributed by atoms with Gasteiger partial charge in [0.05, 0.1) is 18.1 Å². The molecule has 0 radical (unpaired) electrons. The molecule has 0 spiro atoms. The highest BCUT2D eigenvalue weighted by Crippen LogP contribution is 2.27. The summed E-state index contributed by atoms with van der Waals surface area (Å²) in [5, 5.41) is 22.5. The number of nitrogens with zero attached hydrogens (tertiary/aromatic N) is 6. The van der Waals surface area contributed by atoms with Gasteiger partial charge in [0, 0.05) is 118 Å². The van der Waals surface area contributed by atoms with Gasteiger partial charge < -0.3 is 47.0 Å². The van der Waals surface area contributed by atoms with Crippen LogP contribution in [0.3, 0.4) is 0 Å². The van der Waals surface area contributed by atoms with Crippen molar-refractivity contribution in [2.45, 2.75) is 87.2 Å². The van der Waals surface area contributed by atoms with E-state index in [-0.39, 0.29) is 35.8 Å². The van der Waals surface area contributed by atoms with E-state index < -0.39 is 12.1 Å². The fraction of sp³-hybridized carbons (Fsp3) is 0.330. The maximum Gasteiger partial charge on any atom is 0.240 e. The van der Waals surface area contributed by atoms with E-state index in [1.54, 1.807) is 0 Å². The first-order valence-electron chi connectivity index (χ1n) is 38.2. The predicted molar refractivity (Wildman–Crippen MR) is 449 cm³/mol. The number of nitrogens with one attached hydrogen (secondary N) is 3. The molecule has 4 fully saturated rings. The molecule has 4 aliphatic rings. The summed E-state index contributed by atoms with van der Waals surface area (Å²) in [6, 6.07) is 83.4. The Balaban J connectivity index is 0.000000137. The third kappa shape index (κ3) is 21.5. The van der Waals surface area contributed by atoms with Crippen molar-refractivity contribution in [2.75, 3.05) is 107 Å². The SMILES string of the molecule is CN1CCN(C(=O)[C@H](N)Cc2ccccc2Cl)C[C@H]1Cc1ccc2ccccc2c1.CN1CCNC[C@H]1Cc1ccc2ccccc2c1.CN[C@H](Cc1ccccc1Cl)C(=O)N1CCN(C)[C@H](Cc2ccc3ccccc3c2)C1.N[C@H](Cc1ccccc1Cl)C(=O)N1CCN[C@H](Cc2ccc3ccccc3c2)C1. The van der Waals surface area contributed by atoms with Crippen molar-refractivity contribution in [1.29, 1.82) is 0 Å². The second-order valence-corrected chi connectivity index (χ2v) is 30.8. The molecule has 0 bridgehead atoms. The maximum atomic E-state index is 13.3. The molecule has 7 N–H and O–H groups in total. The van der Waals surface area contributed by atoms with Gasteiger partial charge in [-0.1, -0.05) is 259 Å². The van der Waals surface area contributed by atoms with E-state index >= 15 is 0 Å². The number of carbonyl (C=O) groups excluding carboxylic acids is 3. The van der Waals surface area contributed by atoms with Crippen molar-refractivity contribution in [1.82, 2.24) is 45.3 Å². The van der Waals surface area contributed by atoms with Gasteiger partial charge >= 0.3 is 0 Å².